The molecule has 2 aromatic rings. The summed E-state index contributed by atoms with van der Waals surface area (Å²) in [5, 5.41) is 18.1. The molecule has 1 amide bonds. The van der Waals surface area contributed by atoms with Crippen molar-refractivity contribution in [1.82, 2.24) is 14.8 Å². The number of aromatic nitrogens is 2. The highest BCUT2D eigenvalue weighted by molar-refractivity contribution is 6.01. The molecular weight excluding hydrogens is 244 g/mol. The van der Waals surface area contributed by atoms with Crippen molar-refractivity contribution in [2.75, 3.05) is 5.32 Å². The normalized spacial score (nSPS) is 18.2. The van der Waals surface area contributed by atoms with Gasteiger partial charge in [-0.3, -0.25) is 14.7 Å². The van der Waals surface area contributed by atoms with Crippen molar-refractivity contribution in [3.8, 4) is 0 Å². The largest absolute Gasteiger partial charge is 0.359 e. The molecule has 2 heterocycles. The number of nitrogens with zero attached hydrogens (tertiary/aromatic N) is 3. The van der Waals surface area contributed by atoms with Gasteiger partial charge in [-0.2, -0.15) is 10.2 Å². The summed E-state index contributed by atoms with van der Waals surface area (Å²) in [7, 11) is 1.80. The lowest BCUT2D eigenvalue weighted by Crippen LogP contribution is -2.40. The predicted molar refractivity (Wildman–Crippen MR) is 68.7 cm³/mol. The molecule has 0 radical (unpaired) electrons. The lowest BCUT2D eigenvalue weighted by Gasteiger charge is -2.32. The summed E-state index contributed by atoms with van der Waals surface area (Å²) in [6.07, 6.45) is 1.17. The smallest absolute Gasteiger partial charge is 0.281 e. The van der Waals surface area contributed by atoms with Crippen LogP contribution in [0.15, 0.2) is 30.5 Å². The van der Waals surface area contributed by atoms with Gasteiger partial charge in [-0.25, -0.2) is 0 Å². The SMILES string of the molecule is Cc1nn(C)cc1[C@H]1Nc2ccccc2C(=O)N1O. The average molecular weight is 258 g/mol. The fourth-order valence-corrected chi connectivity index (χ4v) is 2.34. The van der Waals surface area contributed by atoms with E-state index in [9.17, 15) is 10.0 Å². The Labute approximate surface area is 110 Å². The maximum Gasteiger partial charge on any atom is 0.281 e. The van der Waals surface area contributed by atoms with Gasteiger partial charge in [0.25, 0.3) is 5.91 Å². The molecule has 19 heavy (non-hydrogen) atoms. The topological polar surface area (TPSA) is 70.4 Å². The molecule has 1 aromatic heterocycles. The van der Waals surface area contributed by atoms with Crippen LogP contribution in [-0.4, -0.2) is 26.0 Å². The Morgan fingerprint density at radius 2 is 2.11 bits per heavy atom. The van der Waals surface area contributed by atoms with Crippen LogP contribution in [0.25, 0.3) is 0 Å². The summed E-state index contributed by atoms with van der Waals surface area (Å²) >= 11 is 0. The van der Waals surface area contributed by atoms with Crippen LogP contribution < -0.4 is 5.32 Å². The van der Waals surface area contributed by atoms with E-state index in [2.05, 4.69) is 10.4 Å². The molecule has 1 aliphatic rings. The molecule has 1 atom stereocenters. The van der Waals surface area contributed by atoms with Gasteiger partial charge in [-0.05, 0) is 19.1 Å². The van der Waals surface area contributed by atoms with E-state index in [0.29, 0.717) is 16.3 Å². The number of amides is 1. The second-order valence-corrected chi connectivity index (χ2v) is 4.59. The summed E-state index contributed by atoms with van der Waals surface area (Å²) in [6, 6.07) is 7.11. The number of nitrogens with one attached hydrogen (secondary N) is 1. The van der Waals surface area contributed by atoms with Crippen molar-refractivity contribution in [3.05, 3.63) is 47.3 Å². The van der Waals surface area contributed by atoms with Gasteiger partial charge < -0.3 is 5.32 Å². The molecule has 2 N–H and O–H groups in total. The molecule has 0 fully saturated rings. The molecule has 6 heteroatoms. The first-order chi connectivity index (χ1) is 9.08. The number of hydrogen-bond acceptors (Lipinski definition) is 4. The maximum absolute atomic E-state index is 12.1. The summed E-state index contributed by atoms with van der Waals surface area (Å²) in [4.78, 5) is 12.1. The van der Waals surface area contributed by atoms with E-state index < -0.39 is 12.1 Å². The molecule has 1 aliphatic heterocycles. The zero-order valence-corrected chi connectivity index (χ0v) is 10.7. The number of carbonyl (C=O) groups excluding carboxylic acids is 1. The van der Waals surface area contributed by atoms with Crippen molar-refractivity contribution >= 4 is 11.6 Å². The zero-order valence-electron chi connectivity index (χ0n) is 10.7. The first kappa shape index (κ1) is 11.7. The second kappa shape index (κ2) is 4.10. The molecule has 0 unspecified atom stereocenters. The lowest BCUT2D eigenvalue weighted by atomic mass is 10.1. The van der Waals surface area contributed by atoms with Crippen LogP contribution in [0, 0.1) is 6.92 Å². The fourth-order valence-electron chi connectivity index (χ4n) is 2.34. The highest BCUT2D eigenvalue weighted by Crippen LogP contribution is 2.32. The maximum atomic E-state index is 12.1. The van der Waals surface area contributed by atoms with Crippen molar-refractivity contribution in [2.45, 2.75) is 13.1 Å². The van der Waals surface area contributed by atoms with Gasteiger partial charge in [-0.1, -0.05) is 12.1 Å². The van der Waals surface area contributed by atoms with Gasteiger partial charge in [0, 0.05) is 24.5 Å². The molecule has 0 saturated heterocycles. The first-order valence-corrected chi connectivity index (χ1v) is 5.96. The van der Waals surface area contributed by atoms with Crippen molar-refractivity contribution in [2.24, 2.45) is 7.05 Å². The minimum Gasteiger partial charge on any atom is -0.359 e. The predicted octanol–water partition coefficient (Wildman–Crippen LogP) is 1.68. The third-order valence-electron chi connectivity index (χ3n) is 3.25. The number of hydrogen-bond donors (Lipinski definition) is 2. The molecular formula is C13H14N4O2. The molecule has 1 aromatic carbocycles. The second-order valence-electron chi connectivity index (χ2n) is 4.59. The summed E-state index contributed by atoms with van der Waals surface area (Å²) in [5.41, 5.74) is 2.72. The van der Waals surface area contributed by atoms with Gasteiger partial charge in [-0.15, -0.1) is 0 Å². The summed E-state index contributed by atoms with van der Waals surface area (Å²) < 4.78 is 1.66. The number of anilines is 1. The van der Waals surface area contributed by atoms with E-state index in [1.807, 2.05) is 19.1 Å². The summed E-state index contributed by atoms with van der Waals surface area (Å²) in [5.74, 6) is -0.414. The highest BCUT2D eigenvalue weighted by atomic mass is 16.5. The van der Waals surface area contributed by atoms with Crippen molar-refractivity contribution < 1.29 is 10.0 Å². The van der Waals surface area contributed by atoms with E-state index in [4.69, 9.17) is 0 Å². The fraction of sp³-hybridized carbons (Fsp3) is 0.231. The minimum atomic E-state index is -0.615. The van der Waals surface area contributed by atoms with Crippen molar-refractivity contribution in [1.29, 1.82) is 0 Å². The number of aryl methyl sites for hydroxylation is 2. The van der Waals surface area contributed by atoms with Crippen LogP contribution in [0.3, 0.4) is 0 Å². The van der Waals surface area contributed by atoms with E-state index in [1.54, 1.807) is 30.1 Å². The Bertz CT molecular complexity index is 650. The van der Waals surface area contributed by atoms with E-state index in [0.717, 1.165) is 11.3 Å². The number of benzene rings is 1. The third kappa shape index (κ3) is 1.77. The Morgan fingerprint density at radius 1 is 1.37 bits per heavy atom. The van der Waals surface area contributed by atoms with Crippen LogP contribution in [0.2, 0.25) is 0 Å². The van der Waals surface area contributed by atoms with E-state index in [1.165, 1.54) is 0 Å². The third-order valence-corrected chi connectivity index (χ3v) is 3.25. The highest BCUT2D eigenvalue weighted by Gasteiger charge is 2.33. The van der Waals surface area contributed by atoms with Crippen LogP contribution in [0.4, 0.5) is 5.69 Å². The minimum absolute atomic E-state index is 0.414. The monoisotopic (exact) mass is 258 g/mol. The Balaban J connectivity index is 2.06. The Kier molecular flexibility index (Phi) is 2.53. The number of carbonyl (C=O) groups is 1. The zero-order chi connectivity index (χ0) is 13.6. The molecule has 98 valence electrons. The molecule has 0 bridgehead atoms. The standard InChI is InChI=1S/C13H14N4O2/c1-8-10(7-16(2)15-8)12-14-11-6-4-3-5-9(11)13(18)17(12)19/h3-7,12,14,19H,1-2H3/t12-/m0/s1. The van der Waals surface area contributed by atoms with Crippen molar-refractivity contribution in [3.63, 3.8) is 0 Å². The molecule has 0 saturated carbocycles. The van der Waals surface area contributed by atoms with E-state index in [-0.39, 0.29) is 0 Å². The molecule has 0 spiro atoms. The lowest BCUT2D eigenvalue weighted by molar-refractivity contribution is -0.0852. The number of para-hydroxylation sites is 1. The Hall–Kier alpha value is -2.34. The van der Waals surface area contributed by atoms with Crippen LogP contribution >= 0.6 is 0 Å². The van der Waals surface area contributed by atoms with Gasteiger partial charge in [0.2, 0.25) is 0 Å². The van der Waals surface area contributed by atoms with Crippen LogP contribution in [-0.2, 0) is 7.05 Å². The van der Waals surface area contributed by atoms with Gasteiger partial charge in [0.05, 0.1) is 11.3 Å². The molecule has 3 rings (SSSR count). The molecule has 6 nitrogen and oxygen atoms in total. The van der Waals surface area contributed by atoms with Crippen LogP contribution in [0.1, 0.15) is 27.8 Å². The molecule has 0 aliphatic carbocycles. The van der Waals surface area contributed by atoms with Crippen LogP contribution in [0.5, 0.6) is 0 Å². The number of fused-ring (bicyclic) bond motifs is 1. The summed E-state index contributed by atoms with van der Waals surface area (Å²) in [6.45, 7) is 1.84. The van der Waals surface area contributed by atoms with Gasteiger partial charge in [0.15, 0.2) is 6.17 Å². The Morgan fingerprint density at radius 3 is 2.79 bits per heavy atom. The van der Waals surface area contributed by atoms with E-state index >= 15 is 0 Å². The average Bonchev–Trinajstić information content (AvgIpc) is 2.73. The first-order valence-electron chi connectivity index (χ1n) is 5.96. The van der Waals surface area contributed by atoms with Gasteiger partial charge >= 0.3 is 0 Å². The number of hydroxylamine groups is 2. The van der Waals surface area contributed by atoms with Gasteiger partial charge in [0.1, 0.15) is 0 Å². The quantitative estimate of drug-likeness (QED) is 0.763. The number of rotatable bonds is 1.